The molecule has 2 heterocycles. The highest BCUT2D eigenvalue weighted by Crippen LogP contribution is 2.25. The molecule has 1 aliphatic rings. The first-order valence-electron chi connectivity index (χ1n) is 6.31. The highest BCUT2D eigenvalue weighted by molar-refractivity contribution is 7.09. The first-order valence-corrected chi connectivity index (χ1v) is 7.19. The zero-order valence-electron chi connectivity index (χ0n) is 11.7. The van der Waals surface area contributed by atoms with Crippen LogP contribution in [-0.4, -0.2) is 34.3 Å². The number of rotatable bonds is 2. The molecule has 104 valence electrons. The Balaban J connectivity index is 2.14. The summed E-state index contributed by atoms with van der Waals surface area (Å²) in [5.41, 5.74) is 1.03. The van der Waals surface area contributed by atoms with Crippen LogP contribution in [0.25, 0.3) is 0 Å². The van der Waals surface area contributed by atoms with Gasteiger partial charge in [0.2, 0.25) is 11.8 Å². The fourth-order valence-electron chi connectivity index (χ4n) is 1.87. The Labute approximate surface area is 117 Å². The Hall–Kier alpha value is -1.43. The summed E-state index contributed by atoms with van der Waals surface area (Å²) in [6, 6.07) is -0.428. The molecule has 1 aliphatic heterocycles. The topological polar surface area (TPSA) is 62.3 Å². The van der Waals surface area contributed by atoms with Crippen LogP contribution in [0, 0.1) is 0 Å². The molecule has 1 unspecified atom stereocenters. The Morgan fingerprint density at radius 1 is 1.47 bits per heavy atom. The van der Waals surface area contributed by atoms with Crippen molar-refractivity contribution in [1.82, 2.24) is 15.2 Å². The van der Waals surface area contributed by atoms with E-state index in [2.05, 4.69) is 31.1 Å². The van der Waals surface area contributed by atoms with Gasteiger partial charge in [0.05, 0.1) is 18.8 Å². The van der Waals surface area contributed by atoms with Crippen molar-refractivity contribution in [2.24, 2.45) is 0 Å². The lowest BCUT2D eigenvalue weighted by atomic mass is 9.93. The predicted molar refractivity (Wildman–Crippen MR) is 73.8 cm³/mol. The number of nitrogens with one attached hydrogen (secondary N) is 1. The minimum atomic E-state index is -0.428. The van der Waals surface area contributed by atoms with Crippen LogP contribution < -0.4 is 5.32 Å². The van der Waals surface area contributed by atoms with Crippen molar-refractivity contribution in [2.45, 2.75) is 45.7 Å². The lowest BCUT2D eigenvalue weighted by molar-refractivity contribution is -0.145. The van der Waals surface area contributed by atoms with Crippen molar-refractivity contribution in [3.05, 3.63) is 16.1 Å². The molecule has 1 aromatic rings. The highest BCUT2D eigenvalue weighted by Gasteiger charge is 2.31. The third kappa shape index (κ3) is 2.94. The van der Waals surface area contributed by atoms with E-state index in [1.165, 1.54) is 11.3 Å². The summed E-state index contributed by atoms with van der Waals surface area (Å²) in [5.74, 6) is -0.160. The Bertz CT molecular complexity index is 504. The molecule has 0 saturated carbocycles. The van der Waals surface area contributed by atoms with Crippen LogP contribution >= 0.6 is 11.3 Å². The summed E-state index contributed by atoms with van der Waals surface area (Å²) in [5, 5.41) is 5.48. The molecule has 0 bridgehead atoms. The number of carbonyl (C=O) groups is 2. The molecule has 2 amide bonds. The quantitative estimate of drug-likeness (QED) is 0.888. The Kier molecular flexibility index (Phi) is 3.62. The van der Waals surface area contributed by atoms with E-state index in [0.29, 0.717) is 6.54 Å². The van der Waals surface area contributed by atoms with Crippen molar-refractivity contribution in [1.29, 1.82) is 0 Å². The molecule has 1 aromatic heterocycles. The van der Waals surface area contributed by atoms with E-state index in [1.54, 1.807) is 11.8 Å². The predicted octanol–water partition coefficient (Wildman–Crippen LogP) is 1.29. The standard InChI is InChI=1S/C13H19N3O2S/c1-8-12(18)14-5-11(17)16(8)6-10-15-9(7-19-10)13(2,3)4/h7-8H,5-6H2,1-4H3,(H,14,18). The van der Waals surface area contributed by atoms with Crippen molar-refractivity contribution in [3.63, 3.8) is 0 Å². The van der Waals surface area contributed by atoms with Gasteiger partial charge in [0.25, 0.3) is 0 Å². The van der Waals surface area contributed by atoms with Crippen molar-refractivity contribution < 1.29 is 9.59 Å². The number of carbonyl (C=O) groups excluding carboxylic acids is 2. The van der Waals surface area contributed by atoms with E-state index in [4.69, 9.17) is 0 Å². The number of thiazole rings is 1. The summed E-state index contributed by atoms with van der Waals surface area (Å²) < 4.78 is 0. The van der Waals surface area contributed by atoms with Gasteiger partial charge < -0.3 is 10.2 Å². The second-order valence-electron chi connectivity index (χ2n) is 5.79. The van der Waals surface area contributed by atoms with Gasteiger partial charge in [0, 0.05) is 10.8 Å². The maximum absolute atomic E-state index is 11.8. The number of hydrogen-bond acceptors (Lipinski definition) is 4. The maximum atomic E-state index is 11.8. The molecule has 6 heteroatoms. The normalized spacial score (nSPS) is 20.6. The van der Waals surface area contributed by atoms with Gasteiger partial charge in [-0.05, 0) is 6.92 Å². The number of aromatic nitrogens is 1. The zero-order chi connectivity index (χ0) is 14.2. The number of amides is 2. The molecule has 5 nitrogen and oxygen atoms in total. The van der Waals surface area contributed by atoms with Gasteiger partial charge >= 0.3 is 0 Å². The molecule has 1 fully saturated rings. The third-order valence-electron chi connectivity index (χ3n) is 3.21. The minimum Gasteiger partial charge on any atom is -0.345 e. The van der Waals surface area contributed by atoms with E-state index in [1.807, 2.05) is 5.38 Å². The zero-order valence-corrected chi connectivity index (χ0v) is 12.5. The average molecular weight is 281 g/mol. The Morgan fingerprint density at radius 3 is 2.74 bits per heavy atom. The smallest absolute Gasteiger partial charge is 0.243 e. The van der Waals surface area contributed by atoms with E-state index in [9.17, 15) is 9.59 Å². The fraction of sp³-hybridized carbons (Fsp3) is 0.615. The van der Waals surface area contributed by atoms with Crippen LogP contribution in [0.5, 0.6) is 0 Å². The average Bonchev–Trinajstić information content (AvgIpc) is 2.78. The first-order chi connectivity index (χ1) is 8.79. The second-order valence-corrected chi connectivity index (χ2v) is 6.73. The van der Waals surface area contributed by atoms with Crippen LogP contribution in [0.2, 0.25) is 0 Å². The molecule has 0 radical (unpaired) electrons. The van der Waals surface area contributed by atoms with Gasteiger partial charge in [-0.25, -0.2) is 4.98 Å². The van der Waals surface area contributed by atoms with Crippen LogP contribution in [-0.2, 0) is 21.5 Å². The highest BCUT2D eigenvalue weighted by atomic mass is 32.1. The maximum Gasteiger partial charge on any atom is 0.243 e. The summed E-state index contributed by atoms with van der Waals surface area (Å²) in [4.78, 5) is 29.6. The monoisotopic (exact) mass is 281 g/mol. The summed E-state index contributed by atoms with van der Waals surface area (Å²) >= 11 is 1.54. The first kappa shape index (κ1) is 14.0. The SMILES string of the molecule is CC1C(=O)NCC(=O)N1Cc1nc(C(C)(C)C)cs1. The molecule has 0 aromatic carbocycles. The van der Waals surface area contributed by atoms with Crippen molar-refractivity contribution in [3.8, 4) is 0 Å². The van der Waals surface area contributed by atoms with Crippen molar-refractivity contribution >= 4 is 23.2 Å². The van der Waals surface area contributed by atoms with E-state index >= 15 is 0 Å². The number of piperazine rings is 1. The lowest BCUT2D eigenvalue weighted by Crippen LogP contribution is -2.56. The summed E-state index contributed by atoms with van der Waals surface area (Å²) in [6.07, 6.45) is 0. The molecule has 1 atom stereocenters. The molecule has 0 aliphatic carbocycles. The lowest BCUT2D eigenvalue weighted by Gasteiger charge is -2.32. The van der Waals surface area contributed by atoms with Gasteiger partial charge in [-0.3, -0.25) is 9.59 Å². The van der Waals surface area contributed by atoms with Crippen LogP contribution in [0.4, 0.5) is 0 Å². The van der Waals surface area contributed by atoms with E-state index in [0.717, 1.165) is 10.7 Å². The summed E-state index contributed by atoms with van der Waals surface area (Å²) in [7, 11) is 0. The second kappa shape index (κ2) is 4.92. The third-order valence-corrected chi connectivity index (χ3v) is 4.04. The van der Waals surface area contributed by atoms with Crippen LogP contribution in [0.1, 0.15) is 38.4 Å². The van der Waals surface area contributed by atoms with Gasteiger partial charge in [0.15, 0.2) is 0 Å². The van der Waals surface area contributed by atoms with Gasteiger partial charge in [-0.2, -0.15) is 0 Å². The van der Waals surface area contributed by atoms with E-state index in [-0.39, 0.29) is 23.8 Å². The van der Waals surface area contributed by atoms with Crippen LogP contribution in [0.3, 0.4) is 0 Å². The Morgan fingerprint density at radius 2 is 2.16 bits per heavy atom. The largest absolute Gasteiger partial charge is 0.345 e. The molecule has 1 N–H and O–H groups in total. The van der Waals surface area contributed by atoms with Crippen molar-refractivity contribution in [2.75, 3.05) is 6.54 Å². The van der Waals surface area contributed by atoms with Gasteiger partial charge in [-0.15, -0.1) is 11.3 Å². The molecular formula is C13H19N3O2S. The molecular weight excluding hydrogens is 262 g/mol. The molecule has 2 rings (SSSR count). The van der Waals surface area contributed by atoms with E-state index < -0.39 is 6.04 Å². The minimum absolute atomic E-state index is 0.00362. The molecule has 1 saturated heterocycles. The van der Waals surface area contributed by atoms with Gasteiger partial charge in [0.1, 0.15) is 11.0 Å². The number of nitrogens with zero attached hydrogens (tertiary/aromatic N) is 2. The molecule has 19 heavy (non-hydrogen) atoms. The fourth-order valence-corrected chi connectivity index (χ4v) is 2.89. The number of hydrogen-bond donors (Lipinski definition) is 1. The van der Waals surface area contributed by atoms with Crippen LogP contribution in [0.15, 0.2) is 5.38 Å². The summed E-state index contributed by atoms with van der Waals surface area (Å²) in [6.45, 7) is 8.55. The van der Waals surface area contributed by atoms with Gasteiger partial charge in [-0.1, -0.05) is 20.8 Å². The molecule has 0 spiro atoms.